The lowest BCUT2D eigenvalue weighted by Gasteiger charge is -2.05. The summed E-state index contributed by atoms with van der Waals surface area (Å²) in [6.45, 7) is 4.89. The van der Waals surface area contributed by atoms with Gasteiger partial charge < -0.3 is 14.6 Å². The van der Waals surface area contributed by atoms with Gasteiger partial charge in [-0.3, -0.25) is 0 Å². The lowest BCUT2D eigenvalue weighted by atomic mass is 10.3. The Morgan fingerprint density at radius 3 is 3.05 bits per heavy atom. The minimum atomic E-state index is -0.159. The molecule has 2 aromatic rings. The Labute approximate surface area is 116 Å². The van der Waals surface area contributed by atoms with E-state index in [0.717, 1.165) is 5.69 Å². The molecule has 0 aliphatic carbocycles. The Morgan fingerprint density at radius 1 is 1.47 bits per heavy atom. The lowest BCUT2D eigenvalue weighted by molar-refractivity contribution is 0.0683. The van der Waals surface area contributed by atoms with E-state index in [4.69, 9.17) is 20.9 Å². The first kappa shape index (κ1) is 13.8. The highest BCUT2D eigenvalue weighted by Gasteiger charge is 2.13. The maximum absolute atomic E-state index is 5.90. The number of nitrogens with one attached hydrogen (secondary N) is 1. The second-order valence-corrected chi connectivity index (χ2v) is 4.44. The van der Waals surface area contributed by atoms with Crippen molar-refractivity contribution in [2.45, 2.75) is 26.5 Å². The van der Waals surface area contributed by atoms with Crippen LogP contribution >= 0.6 is 11.6 Å². The summed E-state index contributed by atoms with van der Waals surface area (Å²) >= 11 is 5.90. The molecule has 1 unspecified atom stereocenters. The molecule has 0 aliphatic rings. The van der Waals surface area contributed by atoms with Crippen molar-refractivity contribution in [3.8, 4) is 0 Å². The van der Waals surface area contributed by atoms with E-state index in [1.807, 2.05) is 38.1 Å². The van der Waals surface area contributed by atoms with Crippen LogP contribution in [0.5, 0.6) is 0 Å². The zero-order valence-corrected chi connectivity index (χ0v) is 11.6. The van der Waals surface area contributed by atoms with Gasteiger partial charge in [0.25, 0.3) is 0 Å². The summed E-state index contributed by atoms with van der Waals surface area (Å²) in [5, 5.41) is 7.73. The van der Waals surface area contributed by atoms with Crippen molar-refractivity contribution in [2.24, 2.45) is 0 Å². The lowest BCUT2D eigenvalue weighted by Crippen LogP contribution is -2.03. The van der Waals surface area contributed by atoms with Crippen LogP contribution in [0, 0.1) is 0 Å². The monoisotopic (exact) mass is 281 g/mol. The molecule has 0 fully saturated rings. The Morgan fingerprint density at radius 2 is 2.32 bits per heavy atom. The van der Waals surface area contributed by atoms with Crippen LogP contribution < -0.4 is 5.32 Å². The van der Waals surface area contributed by atoms with E-state index in [1.54, 1.807) is 0 Å². The standard InChI is InChI=1S/C13H16ClN3O2/c1-3-18-9(2)13-16-12(19-17-13)8-15-11-6-4-5-10(14)7-11/h4-7,9,15H,3,8H2,1-2H3. The molecule has 2 rings (SSSR count). The molecular weight excluding hydrogens is 266 g/mol. The molecule has 6 heteroatoms. The minimum Gasteiger partial charge on any atom is -0.376 e. The highest BCUT2D eigenvalue weighted by molar-refractivity contribution is 6.30. The summed E-state index contributed by atoms with van der Waals surface area (Å²) in [7, 11) is 0. The third-order valence-electron chi connectivity index (χ3n) is 2.53. The summed E-state index contributed by atoms with van der Waals surface area (Å²) in [6, 6.07) is 7.45. The average Bonchev–Trinajstić information content (AvgIpc) is 2.86. The van der Waals surface area contributed by atoms with Crippen molar-refractivity contribution in [2.75, 3.05) is 11.9 Å². The van der Waals surface area contributed by atoms with Crippen LogP contribution in [-0.4, -0.2) is 16.7 Å². The highest BCUT2D eigenvalue weighted by atomic mass is 35.5. The van der Waals surface area contributed by atoms with Gasteiger partial charge in [-0.1, -0.05) is 22.8 Å². The van der Waals surface area contributed by atoms with E-state index in [-0.39, 0.29) is 6.10 Å². The Hall–Kier alpha value is -1.59. The number of benzene rings is 1. The van der Waals surface area contributed by atoms with E-state index in [2.05, 4.69) is 15.5 Å². The fraction of sp³-hybridized carbons (Fsp3) is 0.385. The molecule has 5 nitrogen and oxygen atoms in total. The molecule has 0 radical (unpaired) electrons. The summed E-state index contributed by atoms with van der Waals surface area (Å²) < 4.78 is 10.5. The largest absolute Gasteiger partial charge is 0.376 e. The smallest absolute Gasteiger partial charge is 0.246 e. The number of aromatic nitrogens is 2. The van der Waals surface area contributed by atoms with Gasteiger partial charge in [-0.05, 0) is 32.0 Å². The molecule has 19 heavy (non-hydrogen) atoms. The van der Waals surface area contributed by atoms with Crippen LogP contribution in [-0.2, 0) is 11.3 Å². The van der Waals surface area contributed by atoms with Crippen molar-refractivity contribution < 1.29 is 9.26 Å². The number of rotatable bonds is 6. The predicted molar refractivity (Wildman–Crippen MR) is 73.1 cm³/mol. The third kappa shape index (κ3) is 3.94. The molecule has 0 amide bonds. The summed E-state index contributed by atoms with van der Waals surface area (Å²) in [6.07, 6.45) is -0.159. The van der Waals surface area contributed by atoms with Gasteiger partial charge in [-0.15, -0.1) is 0 Å². The van der Waals surface area contributed by atoms with Gasteiger partial charge in [0.1, 0.15) is 6.10 Å². The van der Waals surface area contributed by atoms with Crippen LogP contribution in [0.15, 0.2) is 28.8 Å². The molecule has 0 spiro atoms. The predicted octanol–water partition coefficient (Wildman–Crippen LogP) is 3.43. The van der Waals surface area contributed by atoms with Crippen molar-refractivity contribution in [1.82, 2.24) is 10.1 Å². The Balaban J connectivity index is 1.93. The van der Waals surface area contributed by atoms with Gasteiger partial charge in [0.05, 0.1) is 6.54 Å². The number of hydrogen-bond donors (Lipinski definition) is 1. The first-order valence-corrected chi connectivity index (χ1v) is 6.50. The molecule has 0 bridgehead atoms. The second kappa shape index (κ2) is 6.54. The number of nitrogens with zero attached hydrogens (tertiary/aromatic N) is 2. The van der Waals surface area contributed by atoms with Crippen molar-refractivity contribution >= 4 is 17.3 Å². The minimum absolute atomic E-state index is 0.159. The third-order valence-corrected chi connectivity index (χ3v) is 2.77. The SMILES string of the molecule is CCOC(C)c1noc(CNc2cccc(Cl)c2)n1. The van der Waals surface area contributed by atoms with Crippen LogP contribution in [0.25, 0.3) is 0 Å². The Kier molecular flexibility index (Phi) is 4.76. The highest BCUT2D eigenvalue weighted by Crippen LogP contribution is 2.16. The van der Waals surface area contributed by atoms with Crippen molar-refractivity contribution in [3.63, 3.8) is 0 Å². The maximum Gasteiger partial charge on any atom is 0.246 e. The maximum atomic E-state index is 5.90. The van der Waals surface area contributed by atoms with E-state index in [1.165, 1.54) is 0 Å². The number of halogens is 1. The topological polar surface area (TPSA) is 60.2 Å². The molecule has 1 aromatic heterocycles. The molecule has 1 heterocycles. The number of hydrogen-bond acceptors (Lipinski definition) is 5. The second-order valence-electron chi connectivity index (χ2n) is 4.01. The van der Waals surface area contributed by atoms with E-state index in [0.29, 0.717) is 29.9 Å². The van der Waals surface area contributed by atoms with Gasteiger partial charge in [0, 0.05) is 17.3 Å². The fourth-order valence-electron chi connectivity index (χ4n) is 1.61. The van der Waals surface area contributed by atoms with Crippen LogP contribution in [0.3, 0.4) is 0 Å². The average molecular weight is 282 g/mol. The molecule has 102 valence electrons. The molecule has 1 aromatic carbocycles. The molecule has 1 atom stereocenters. The fourth-order valence-corrected chi connectivity index (χ4v) is 1.80. The summed E-state index contributed by atoms with van der Waals surface area (Å²) in [5.74, 6) is 1.08. The zero-order chi connectivity index (χ0) is 13.7. The van der Waals surface area contributed by atoms with Crippen LogP contribution in [0.2, 0.25) is 5.02 Å². The van der Waals surface area contributed by atoms with E-state index < -0.39 is 0 Å². The van der Waals surface area contributed by atoms with Crippen LogP contribution in [0.1, 0.15) is 31.7 Å². The van der Waals surface area contributed by atoms with Crippen molar-refractivity contribution in [3.05, 3.63) is 41.0 Å². The Bertz CT molecular complexity index is 530. The van der Waals surface area contributed by atoms with Crippen molar-refractivity contribution in [1.29, 1.82) is 0 Å². The van der Waals surface area contributed by atoms with Crippen LogP contribution in [0.4, 0.5) is 5.69 Å². The molecule has 0 aliphatic heterocycles. The molecule has 1 N–H and O–H groups in total. The first-order valence-electron chi connectivity index (χ1n) is 6.12. The summed E-state index contributed by atoms with van der Waals surface area (Å²) in [4.78, 5) is 4.27. The van der Waals surface area contributed by atoms with Gasteiger partial charge in [-0.25, -0.2) is 0 Å². The molecule has 0 saturated carbocycles. The van der Waals surface area contributed by atoms with Gasteiger partial charge in [0.2, 0.25) is 5.89 Å². The van der Waals surface area contributed by atoms with E-state index >= 15 is 0 Å². The van der Waals surface area contributed by atoms with E-state index in [9.17, 15) is 0 Å². The zero-order valence-electron chi connectivity index (χ0n) is 10.9. The van der Waals surface area contributed by atoms with Gasteiger partial charge in [-0.2, -0.15) is 4.98 Å². The normalized spacial score (nSPS) is 12.4. The van der Waals surface area contributed by atoms with Gasteiger partial charge in [0.15, 0.2) is 5.82 Å². The van der Waals surface area contributed by atoms with Gasteiger partial charge >= 0.3 is 0 Å². The first-order chi connectivity index (χ1) is 9.19. The number of ether oxygens (including phenoxy) is 1. The number of anilines is 1. The molecular formula is C13H16ClN3O2. The molecule has 0 saturated heterocycles. The summed E-state index contributed by atoms with van der Waals surface area (Å²) in [5.41, 5.74) is 0.908. The quantitative estimate of drug-likeness (QED) is 0.879.